The van der Waals surface area contributed by atoms with E-state index in [0.717, 1.165) is 12.8 Å². The summed E-state index contributed by atoms with van der Waals surface area (Å²) in [5, 5.41) is 0. The molecule has 0 radical (unpaired) electrons. The minimum Gasteiger partial charge on any atom is -0.299 e. The number of hydrogen-bond acceptors (Lipinski definition) is 2. The summed E-state index contributed by atoms with van der Waals surface area (Å²) in [6, 6.07) is 1.10. The van der Waals surface area contributed by atoms with Gasteiger partial charge in [0.1, 0.15) is 5.78 Å². The highest BCUT2D eigenvalue weighted by Gasteiger charge is 2.40. The number of fused-ring (bicyclic) bond motifs is 1. The summed E-state index contributed by atoms with van der Waals surface area (Å²) in [6.07, 6.45) is 16.6. The first-order valence-electron chi connectivity index (χ1n) is 9.48. The van der Waals surface area contributed by atoms with Crippen LogP contribution in [0.25, 0.3) is 0 Å². The number of carbonyl (C=O) groups is 1. The lowest BCUT2D eigenvalue weighted by Gasteiger charge is -2.46. The van der Waals surface area contributed by atoms with Crippen LogP contribution in [0.5, 0.6) is 0 Å². The fraction of sp³-hybridized carbons (Fsp3) is 0.947. The van der Waals surface area contributed by atoms with Crippen molar-refractivity contribution in [3.05, 3.63) is 0 Å². The lowest BCUT2D eigenvalue weighted by atomic mass is 9.75. The first-order chi connectivity index (χ1) is 10.2. The van der Waals surface area contributed by atoms with Crippen LogP contribution < -0.4 is 0 Å². The quantitative estimate of drug-likeness (QED) is 0.590. The van der Waals surface area contributed by atoms with Gasteiger partial charge in [-0.15, -0.1) is 0 Å². The molecule has 2 nitrogen and oxygen atoms in total. The molecule has 2 aliphatic rings. The number of likely N-dealkylation sites (tertiary alicyclic amines) is 1. The van der Waals surface area contributed by atoms with Crippen molar-refractivity contribution in [1.29, 1.82) is 0 Å². The molecule has 3 atom stereocenters. The van der Waals surface area contributed by atoms with E-state index >= 15 is 0 Å². The lowest BCUT2D eigenvalue weighted by Crippen LogP contribution is -2.53. The zero-order valence-electron chi connectivity index (χ0n) is 14.3. The molecule has 21 heavy (non-hydrogen) atoms. The predicted octanol–water partition coefficient (Wildman–Crippen LogP) is 4.96. The summed E-state index contributed by atoms with van der Waals surface area (Å²) in [7, 11) is 2.28. The molecule has 0 aromatic carbocycles. The molecule has 1 heterocycles. The van der Waals surface area contributed by atoms with Gasteiger partial charge in [0, 0.05) is 24.4 Å². The number of hydrogen-bond donors (Lipinski definition) is 0. The van der Waals surface area contributed by atoms with Crippen molar-refractivity contribution in [3.63, 3.8) is 0 Å². The molecule has 0 bridgehead atoms. The molecule has 1 saturated carbocycles. The second-order valence-corrected chi connectivity index (χ2v) is 7.36. The van der Waals surface area contributed by atoms with Gasteiger partial charge in [0.15, 0.2) is 0 Å². The summed E-state index contributed by atoms with van der Waals surface area (Å²) >= 11 is 0. The maximum absolute atomic E-state index is 12.4. The van der Waals surface area contributed by atoms with Gasteiger partial charge in [-0.3, -0.25) is 9.69 Å². The lowest BCUT2D eigenvalue weighted by molar-refractivity contribution is -0.133. The Bertz CT molecular complexity index is 315. The number of rotatable bonds is 8. The summed E-state index contributed by atoms with van der Waals surface area (Å²) in [5.41, 5.74) is 0. The van der Waals surface area contributed by atoms with Crippen LogP contribution in [-0.2, 0) is 4.79 Å². The first kappa shape index (κ1) is 17.0. The highest BCUT2D eigenvalue weighted by atomic mass is 16.1. The summed E-state index contributed by atoms with van der Waals surface area (Å²) < 4.78 is 0. The molecular weight excluding hydrogens is 258 g/mol. The largest absolute Gasteiger partial charge is 0.299 e. The highest BCUT2D eigenvalue weighted by molar-refractivity contribution is 5.83. The van der Waals surface area contributed by atoms with Crippen LogP contribution in [0.4, 0.5) is 0 Å². The number of unbranched alkanes of at least 4 members (excludes halogenated alkanes) is 6. The second kappa shape index (κ2) is 8.92. The second-order valence-electron chi connectivity index (χ2n) is 7.36. The molecule has 2 rings (SSSR count). The SMILES string of the molecule is CCCCCCCCCC1CC(=O)C2CCCCC2N1C. The van der Waals surface area contributed by atoms with Crippen LogP contribution in [0.15, 0.2) is 0 Å². The summed E-state index contributed by atoms with van der Waals surface area (Å²) in [6.45, 7) is 2.27. The summed E-state index contributed by atoms with van der Waals surface area (Å²) in [5.74, 6) is 0.944. The molecule has 0 aromatic rings. The van der Waals surface area contributed by atoms with Gasteiger partial charge in [-0.1, -0.05) is 64.7 Å². The number of ketones is 1. The Kier molecular flexibility index (Phi) is 7.22. The third kappa shape index (κ3) is 4.81. The summed E-state index contributed by atoms with van der Waals surface area (Å²) in [4.78, 5) is 14.9. The van der Waals surface area contributed by atoms with E-state index in [1.807, 2.05) is 0 Å². The standard InChI is InChI=1S/C19H35NO/c1-3-4-5-6-7-8-9-12-16-15-19(21)17-13-10-11-14-18(17)20(16)2/h16-18H,3-15H2,1-2H3. The molecular formula is C19H35NO. The smallest absolute Gasteiger partial charge is 0.139 e. The Labute approximate surface area is 131 Å². The van der Waals surface area contributed by atoms with Crippen LogP contribution in [-0.4, -0.2) is 29.8 Å². The Morgan fingerprint density at radius 1 is 1.00 bits per heavy atom. The molecule has 1 saturated heterocycles. The van der Waals surface area contributed by atoms with Gasteiger partial charge in [0.05, 0.1) is 0 Å². The molecule has 0 spiro atoms. The molecule has 0 amide bonds. The van der Waals surface area contributed by atoms with Crippen molar-refractivity contribution < 1.29 is 4.79 Å². The highest BCUT2D eigenvalue weighted by Crippen LogP contribution is 2.36. The van der Waals surface area contributed by atoms with Crippen LogP contribution in [0.1, 0.15) is 90.4 Å². The van der Waals surface area contributed by atoms with Crippen molar-refractivity contribution in [2.75, 3.05) is 7.05 Å². The predicted molar refractivity (Wildman–Crippen MR) is 89.5 cm³/mol. The average Bonchev–Trinajstić information content (AvgIpc) is 2.51. The Morgan fingerprint density at radius 2 is 1.67 bits per heavy atom. The number of nitrogens with zero attached hydrogens (tertiary/aromatic N) is 1. The monoisotopic (exact) mass is 293 g/mol. The molecule has 122 valence electrons. The van der Waals surface area contributed by atoms with E-state index in [4.69, 9.17) is 0 Å². The van der Waals surface area contributed by atoms with E-state index in [9.17, 15) is 4.79 Å². The van der Waals surface area contributed by atoms with E-state index in [2.05, 4.69) is 18.9 Å². The van der Waals surface area contributed by atoms with E-state index in [1.54, 1.807) is 0 Å². The van der Waals surface area contributed by atoms with Gasteiger partial charge < -0.3 is 0 Å². The van der Waals surface area contributed by atoms with Crippen LogP contribution >= 0.6 is 0 Å². The minimum absolute atomic E-state index is 0.369. The van der Waals surface area contributed by atoms with Crippen molar-refractivity contribution in [1.82, 2.24) is 4.90 Å². The van der Waals surface area contributed by atoms with E-state index < -0.39 is 0 Å². The Morgan fingerprint density at radius 3 is 2.43 bits per heavy atom. The van der Waals surface area contributed by atoms with Gasteiger partial charge in [0.2, 0.25) is 0 Å². The maximum Gasteiger partial charge on any atom is 0.139 e. The normalized spacial score (nSPS) is 30.4. The fourth-order valence-corrected chi connectivity index (χ4v) is 4.42. The number of piperidine rings is 1. The third-order valence-electron chi connectivity index (χ3n) is 5.82. The molecule has 0 N–H and O–H groups in total. The first-order valence-corrected chi connectivity index (χ1v) is 9.48. The molecule has 2 fully saturated rings. The molecule has 3 unspecified atom stereocenters. The minimum atomic E-state index is 0.369. The van der Waals surface area contributed by atoms with Crippen molar-refractivity contribution in [2.45, 2.75) is 102 Å². The molecule has 0 aromatic heterocycles. The van der Waals surface area contributed by atoms with Crippen molar-refractivity contribution in [2.24, 2.45) is 5.92 Å². The topological polar surface area (TPSA) is 20.3 Å². The molecule has 1 aliphatic heterocycles. The van der Waals surface area contributed by atoms with Crippen LogP contribution in [0.3, 0.4) is 0 Å². The van der Waals surface area contributed by atoms with Crippen molar-refractivity contribution >= 4 is 5.78 Å². The number of Topliss-reactive ketones (excluding diaryl/α,β-unsaturated/α-hetero) is 1. The van der Waals surface area contributed by atoms with E-state index in [-0.39, 0.29) is 0 Å². The Balaban J connectivity index is 1.67. The zero-order chi connectivity index (χ0) is 15.1. The fourth-order valence-electron chi connectivity index (χ4n) is 4.42. The van der Waals surface area contributed by atoms with Gasteiger partial charge in [0.25, 0.3) is 0 Å². The van der Waals surface area contributed by atoms with E-state index in [1.165, 1.54) is 70.6 Å². The maximum atomic E-state index is 12.4. The van der Waals surface area contributed by atoms with Gasteiger partial charge in [-0.25, -0.2) is 0 Å². The third-order valence-corrected chi connectivity index (χ3v) is 5.82. The van der Waals surface area contributed by atoms with Gasteiger partial charge >= 0.3 is 0 Å². The number of carbonyl (C=O) groups excluding carboxylic acids is 1. The van der Waals surface area contributed by atoms with Gasteiger partial charge in [-0.05, 0) is 26.3 Å². The van der Waals surface area contributed by atoms with Gasteiger partial charge in [-0.2, -0.15) is 0 Å². The molecule has 2 heteroatoms. The molecule has 1 aliphatic carbocycles. The van der Waals surface area contributed by atoms with Crippen molar-refractivity contribution in [3.8, 4) is 0 Å². The zero-order valence-corrected chi connectivity index (χ0v) is 14.3. The van der Waals surface area contributed by atoms with Crippen LogP contribution in [0.2, 0.25) is 0 Å². The van der Waals surface area contributed by atoms with E-state index in [0.29, 0.717) is 23.8 Å². The Hall–Kier alpha value is -0.370. The van der Waals surface area contributed by atoms with Crippen LogP contribution in [0, 0.1) is 5.92 Å². The average molecular weight is 293 g/mol.